The van der Waals surface area contributed by atoms with E-state index in [1.807, 2.05) is 60.7 Å². The fourth-order valence-corrected chi connectivity index (χ4v) is 3.08. The Morgan fingerprint density at radius 3 is 2.10 bits per heavy atom. The standard InChI is InChI=1S/C17H12O2S/c18-17(19)15-10-12-6-4-5-7-13(12)11-16(15)20-14-8-2-1-3-9-14/h1-11H,(H,18,19). The molecular formula is C17H12O2S. The summed E-state index contributed by atoms with van der Waals surface area (Å²) in [6.07, 6.45) is 0. The number of fused-ring (bicyclic) bond motifs is 1. The smallest absolute Gasteiger partial charge is 0.336 e. The highest BCUT2D eigenvalue weighted by Gasteiger charge is 2.12. The molecule has 0 spiro atoms. The average molecular weight is 280 g/mol. The molecule has 3 heteroatoms. The zero-order chi connectivity index (χ0) is 13.9. The van der Waals surface area contributed by atoms with Crippen LogP contribution >= 0.6 is 11.8 Å². The van der Waals surface area contributed by atoms with Crippen LogP contribution in [0.5, 0.6) is 0 Å². The Bertz CT molecular complexity index is 766. The molecule has 1 N–H and O–H groups in total. The molecule has 3 rings (SSSR count). The van der Waals surface area contributed by atoms with Crippen molar-refractivity contribution < 1.29 is 9.90 Å². The van der Waals surface area contributed by atoms with Crippen LogP contribution in [0.3, 0.4) is 0 Å². The summed E-state index contributed by atoms with van der Waals surface area (Å²) in [5.74, 6) is -0.894. The number of aromatic carboxylic acids is 1. The van der Waals surface area contributed by atoms with Gasteiger partial charge in [-0.1, -0.05) is 54.2 Å². The number of carbonyl (C=O) groups is 1. The number of carboxylic acid groups (broad SMARTS) is 1. The molecule has 0 atom stereocenters. The van der Waals surface area contributed by atoms with Crippen LogP contribution in [-0.2, 0) is 0 Å². The molecular weight excluding hydrogens is 268 g/mol. The Morgan fingerprint density at radius 2 is 1.45 bits per heavy atom. The van der Waals surface area contributed by atoms with Crippen molar-refractivity contribution in [2.75, 3.05) is 0 Å². The maximum Gasteiger partial charge on any atom is 0.336 e. The first-order valence-corrected chi connectivity index (χ1v) is 7.05. The van der Waals surface area contributed by atoms with Gasteiger partial charge in [-0.15, -0.1) is 0 Å². The Morgan fingerprint density at radius 1 is 0.850 bits per heavy atom. The zero-order valence-electron chi connectivity index (χ0n) is 10.6. The summed E-state index contributed by atoms with van der Waals surface area (Å²) in [7, 11) is 0. The van der Waals surface area contributed by atoms with Crippen LogP contribution in [-0.4, -0.2) is 11.1 Å². The van der Waals surface area contributed by atoms with E-state index in [4.69, 9.17) is 0 Å². The minimum absolute atomic E-state index is 0.345. The first-order chi connectivity index (χ1) is 9.74. The molecule has 0 fully saturated rings. The minimum Gasteiger partial charge on any atom is -0.478 e. The summed E-state index contributed by atoms with van der Waals surface area (Å²) in [5.41, 5.74) is 0.345. The van der Waals surface area contributed by atoms with Crippen molar-refractivity contribution in [3.05, 3.63) is 72.3 Å². The van der Waals surface area contributed by atoms with Gasteiger partial charge in [0.25, 0.3) is 0 Å². The molecule has 0 radical (unpaired) electrons. The highest BCUT2D eigenvalue weighted by atomic mass is 32.2. The molecule has 2 nitrogen and oxygen atoms in total. The van der Waals surface area contributed by atoms with Crippen molar-refractivity contribution in [3.63, 3.8) is 0 Å². The molecule has 0 aliphatic carbocycles. The molecule has 0 unspecified atom stereocenters. The molecule has 3 aromatic rings. The van der Waals surface area contributed by atoms with E-state index in [9.17, 15) is 9.90 Å². The van der Waals surface area contributed by atoms with Crippen LogP contribution in [0.25, 0.3) is 10.8 Å². The number of benzene rings is 3. The SMILES string of the molecule is O=C(O)c1cc2ccccc2cc1Sc1ccccc1. The largest absolute Gasteiger partial charge is 0.478 e. The normalized spacial score (nSPS) is 10.6. The Balaban J connectivity index is 2.12. The quantitative estimate of drug-likeness (QED) is 0.756. The lowest BCUT2D eigenvalue weighted by molar-refractivity contribution is 0.0693. The number of hydrogen-bond acceptors (Lipinski definition) is 2. The van der Waals surface area contributed by atoms with Gasteiger partial charge < -0.3 is 5.11 Å². The van der Waals surface area contributed by atoms with Gasteiger partial charge in [0.05, 0.1) is 5.56 Å². The maximum atomic E-state index is 11.4. The molecule has 0 aliphatic rings. The zero-order valence-corrected chi connectivity index (χ0v) is 11.4. The van der Waals surface area contributed by atoms with E-state index in [0.29, 0.717) is 5.56 Å². The van der Waals surface area contributed by atoms with Gasteiger partial charge in [-0.05, 0) is 35.0 Å². The van der Waals surface area contributed by atoms with Gasteiger partial charge >= 0.3 is 5.97 Å². The van der Waals surface area contributed by atoms with Gasteiger partial charge in [-0.2, -0.15) is 0 Å². The fourth-order valence-electron chi connectivity index (χ4n) is 2.09. The Labute approximate surface area is 121 Å². The highest BCUT2D eigenvalue weighted by molar-refractivity contribution is 7.99. The Kier molecular flexibility index (Phi) is 3.44. The van der Waals surface area contributed by atoms with E-state index in [-0.39, 0.29) is 0 Å². The molecule has 3 aromatic carbocycles. The predicted molar refractivity (Wildman–Crippen MR) is 81.5 cm³/mol. The topological polar surface area (TPSA) is 37.3 Å². The first kappa shape index (κ1) is 12.8. The van der Waals surface area contributed by atoms with Crippen LogP contribution in [0.4, 0.5) is 0 Å². The molecule has 0 aromatic heterocycles. The van der Waals surface area contributed by atoms with Crippen LogP contribution in [0, 0.1) is 0 Å². The van der Waals surface area contributed by atoms with Gasteiger partial charge in [0, 0.05) is 9.79 Å². The van der Waals surface area contributed by atoms with E-state index in [1.54, 1.807) is 6.07 Å². The van der Waals surface area contributed by atoms with E-state index in [2.05, 4.69) is 0 Å². The second-order valence-electron chi connectivity index (χ2n) is 4.42. The molecule has 20 heavy (non-hydrogen) atoms. The number of carboxylic acids is 1. The van der Waals surface area contributed by atoms with E-state index in [0.717, 1.165) is 20.6 Å². The number of rotatable bonds is 3. The van der Waals surface area contributed by atoms with Crippen molar-refractivity contribution in [1.29, 1.82) is 0 Å². The van der Waals surface area contributed by atoms with Crippen molar-refractivity contribution in [2.45, 2.75) is 9.79 Å². The van der Waals surface area contributed by atoms with Gasteiger partial charge in [-0.25, -0.2) is 4.79 Å². The third-order valence-electron chi connectivity index (χ3n) is 3.05. The molecule has 98 valence electrons. The molecule has 0 heterocycles. The fraction of sp³-hybridized carbons (Fsp3) is 0. The molecule has 0 aliphatic heterocycles. The first-order valence-electron chi connectivity index (χ1n) is 6.23. The third-order valence-corrected chi connectivity index (χ3v) is 4.11. The lowest BCUT2D eigenvalue weighted by Crippen LogP contribution is -1.98. The molecule has 0 saturated carbocycles. The lowest BCUT2D eigenvalue weighted by Gasteiger charge is -2.08. The van der Waals surface area contributed by atoms with Gasteiger partial charge in [0.2, 0.25) is 0 Å². The van der Waals surface area contributed by atoms with Gasteiger partial charge in [0.1, 0.15) is 0 Å². The monoisotopic (exact) mass is 280 g/mol. The van der Waals surface area contributed by atoms with E-state index < -0.39 is 5.97 Å². The third kappa shape index (κ3) is 2.53. The van der Waals surface area contributed by atoms with Crippen LogP contribution in [0.1, 0.15) is 10.4 Å². The molecule has 0 saturated heterocycles. The lowest BCUT2D eigenvalue weighted by atomic mass is 10.1. The number of hydrogen-bond donors (Lipinski definition) is 1. The summed E-state index contributed by atoms with van der Waals surface area (Å²) in [5, 5.41) is 11.4. The summed E-state index contributed by atoms with van der Waals surface area (Å²) >= 11 is 1.48. The molecule has 0 amide bonds. The van der Waals surface area contributed by atoms with Gasteiger partial charge in [-0.3, -0.25) is 0 Å². The van der Waals surface area contributed by atoms with Crippen LogP contribution < -0.4 is 0 Å². The van der Waals surface area contributed by atoms with Crippen molar-refractivity contribution in [1.82, 2.24) is 0 Å². The second kappa shape index (κ2) is 5.39. The van der Waals surface area contributed by atoms with Crippen LogP contribution in [0.2, 0.25) is 0 Å². The summed E-state index contributed by atoms with van der Waals surface area (Å²) in [6.45, 7) is 0. The van der Waals surface area contributed by atoms with Gasteiger partial charge in [0.15, 0.2) is 0 Å². The second-order valence-corrected chi connectivity index (χ2v) is 5.53. The maximum absolute atomic E-state index is 11.4. The average Bonchev–Trinajstić information content (AvgIpc) is 2.47. The highest BCUT2D eigenvalue weighted by Crippen LogP contribution is 2.33. The summed E-state index contributed by atoms with van der Waals surface area (Å²) in [4.78, 5) is 13.2. The minimum atomic E-state index is -0.894. The van der Waals surface area contributed by atoms with Crippen molar-refractivity contribution >= 4 is 28.5 Å². The predicted octanol–water partition coefficient (Wildman–Crippen LogP) is 4.69. The van der Waals surface area contributed by atoms with E-state index in [1.165, 1.54) is 11.8 Å². The Hall–Kier alpha value is -2.26. The molecule has 0 bridgehead atoms. The van der Waals surface area contributed by atoms with E-state index >= 15 is 0 Å². The van der Waals surface area contributed by atoms with Crippen molar-refractivity contribution in [3.8, 4) is 0 Å². The van der Waals surface area contributed by atoms with Crippen LogP contribution in [0.15, 0.2) is 76.5 Å². The summed E-state index contributed by atoms with van der Waals surface area (Å²) in [6, 6.07) is 21.3. The summed E-state index contributed by atoms with van der Waals surface area (Å²) < 4.78 is 0. The van der Waals surface area contributed by atoms with Crippen molar-refractivity contribution in [2.24, 2.45) is 0 Å².